The van der Waals surface area contributed by atoms with Crippen LogP contribution < -0.4 is 5.32 Å². The largest absolute Gasteiger partial charge is 0.481 e. The first-order chi connectivity index (χ1) is 7.11. The number of carboxylic acids is 1. The summed E-state index contributed by atoms with van der Waals surface area (Å²) in [7, 11) is 0. The minimum Gasteiger partial charge on any atom is -0.481 e. The molecule has 0 heterocycles. The van der Waals surface area contributed by atoms with Crippen molar-refractivity contribution < 1.29 is 9.90 Å². The summed E-state index contributed by atoms with van der Waals surface area (Å²) in [5, 5.41) is 12.1. The van der Waals surface area contributed by atoms with E-state index in [1.165, 1.54) is 12.8 Å². The Labute approximate surface area is 93.3 Å². The lowest BCUT2D eigenvalue weighted by Gasteiger charge is -2.19. The number of carbonyl (C=O) groups is 1. The molecule has 90 valence electrons. The third-order valence-electron chi connectivity index (χ3n) is 2.68. The van der Waals surface area contributed by atoms with Crippen molar-refractivity contribution in [1.29, 1.82) is 0 Å². The van der Waals surface area contributed by atoms with Gasteiger partial charge in [-0.05, 0) is 12.8 Å². The van der Waals surface area contributed by atoms with E-state index in [0.717, 1.165) is 19.3 Å². The first-order valence-corrected chi connectivity index (χ1v) is 6.07. The maximum atomic E-state index is 10.6. The predicted octanol–water partition coefficient (Wildman–Crippen LogP) is 2.66. The summed E-state index contributed by atoms with van der Waals surface area (Å²) in [5.74, 6) is -1.00. The van der Waals surface area contributed by atoms with Gasteiger partial charge in [0.15, 0.2) is 0 Å². The summed E-state index contributed by atoms with van der Waals surface area (Å²) < 4.78 is 0. The fraction of sp³-hybridized carbons (Fsp3) is 0.917. The van der Waals surface area contributed by atoms with E-state index >= 15 is 0 Å². The van der Waals surface area contributed by atoms with Gasteiger partial charge < -0.3 is 10.4 Å². The second-order valence-electron chi connectivity index (χ2n) is 4.28. The molecule has 0 aromatic carbocycles. The molecule has 3 heteroatoms. The van der Waals surface area contributed by atoms with Crippen molar-refractivity contribution in [1.82, 2.24) is 5.32 Å². The van der Waals surface area contributed by atoms with E-state index in [2.05, 4.69) is 19.2 Å². The highest BCUT2D eigenvalue weighted by molar-refractivity contribution is 5.69. The molecule has 0 aliphatic heterocycles. The third kappa shape index (κ3) is 7.37. The Hall–Kier alpha value is -0.570. The fourth-order valence-corrected chi connectivity index (χ4v) is 1.58. The zero-order valence-corrected chi connectivity index (χ0v) is 10.3. The van der Waals surface area contributed by atoms with Crippen molar-refractivity contribution in [2.75, 3.05) is 6.54 Å². The molecule has 0 fully saturated rings. The van der Waals surface area contributed by atoms with Crippen LogP contribution in [0.2, 0.25) is 0 Å². The van der Waals surface area contributed by atoms with Crippen molar-refractivity contribution in [2.45, 2.75) is 58.9 Å². The van der Waals surface area contributed by atoms with E-state index in [1.54, 1.807) is 6.92 Å². The Balaban J connectivity index is 3.78. The molecule has 3 nitrogen and oxygen atoms in total. The number of rotatable bonds is 9. The van der Waals surface area contributed by atoms with Crippen LogP contribution in [0.5, 0.6) is 0 Å². The molecule has 0 aromatic rings. The molecule has 0 saturated carbocycles. The first kappa shape index (κ1) is 14.4. The molecule has 15 heavy (non-hydrogen) atoms. The van der Waals surface area contributed by atoms with Gasteiger partial charge in [-0.2, -0.15) is 0 Å². The Kier molecular flexibility index (Phi) is 8.38. The SMILES string of the molecule is CCCCC(CCC)NCC(C)C(=O)O. The van der Waals surface area contributed by atoms with E-state index in [1.807, 2.05) is 0 Å². The maximum absolute atomic E-state index is 10.6. The highest BCUT2D eigenvalue weighted by Crippen LogP contribution is 2.07. The monoisotopic (exact) mass is 215 g/mol. The minimum atomic E-state index is -0.715. The third-order valence-corrected chi connectivity index (χ3v) is 2.68. The van der Waals surface area contributed by atoms with Gasteiger partial charge in [0.1, 0.15) is 0 Å². The van der Waals surface area contributed by atoms with Gasteiger partial charge in [-0.15, -0.1) is 0 Å². The van der Waals surface area contributed by atoms with E-state index in [9.17, 15) is 4.79 Å². The number of unbranched alkanes of at least 4 members (excludes halogenated alkanes) is 1. The number of carboxylic acid groups (broad SMARTS) is 1. The quantitative estimate of drug-likeness (QED) is 0.621. The van der Waals surface area contributed by atoms with E-state index in [0.29, 0.717) is 12.6 Å². The summed E-state index contributed by atoms with van der Waals surface area (Å²) in [6, 6.07) is 0.497. The second kappa shape index (κ2) is 8.72. The van der Waals surface area contributed by atoms with E-state index < -0.39 is 5.97 Å². The van der Waals surface area contributed by atoms with Gasteiger partial charge in [0.2, 0.25) is 0 Å². The van der Waals surface area contributed by atoms with Gasteiger partial charge >= 0.3 is 5.97 Å². The average molecular weight is 215 g/mol. The van der Waals surface area contributed by atoms with Gasteiger partial charge in [0.25, 0.3) is 0 Å². The van der Waals surface area contributed by atoms with Crippen LogP contribution >= 0.6 is 0 Å². The van der Waals surface area contributed by atoms with Crippen LogP contribution in [-0.4, -0.2) is 23.7 Å². The zero-order chi connectivity index (χ0) is 11.7. The number of aliphatic carboxylic acids is 1. The van der Waals surface area contributed by atoms with Gasteiger partial charge in [0.05, 0.1) is 5.92 Å². The van der Waals surface area contributed by atoms with Gasteiger partial charge in [-0.3, -0.25) is 4.79 Å². The summed E-state index contributed by atoms with van der Waals surface area (Å²) in [6.45, 7) is 6.69. The molecule has 0 aromatic heterocycles. The van der Waals surface area contributed by atoms with Crippen molar-refractivity contribution >= 4 is 5.97 Å². The summed E-state index contributed by atoms with van der Waals surface area (Å²) in [4.78, 5) is 10.6. The average Bonchev–Trinajstić information content (AvgIpc) is 2.21. The topological polar surface area (TPSA) is 49.3 Å². The standard InChI is InChI=1S/C12H25NO2/c1-4-6-8-11(7-5-2)13-9-10(3)12(14)15/h10-11,13H,4-9H2,1-3H3,(H,14,15). The molecule has 2 N–H and O–H groups in total. The van der Waals surface area contributed by atoms with E-state index in [4.69, 9.17) is 5.11 Å². The molecule has 0 rings (SSSR count). The normalized spacial score (nSPS) is 14.9. The second-order valence-corrected chi connectivity index (χ2v) is 4.28. The van der Waals surface area contributed by atoms with Crippen LogP contribution in [0.15, 0.2) is 0 Å². The van der Waals surface area contributed by atoms with E-state index in [-0.39, 0.29) is 5.92 Å². The Morgan fingerprint density at radius 1 is 1.27 bits per heavy atom. The summed E-state index contributed by atoms with van der Waals surface area (Å²) in [5.41, 5.74) is 0. The van der Waals surface area contributed by atoms with Crippen molar-refractivity contribution in [3.63, 3.8) is 0 Å². The van der Waals surface area contributed by atoms with Crippen LogP contribution in [0.4, 0.5) is 0 Å². The zero-order valence-electron chi connectivity index (χ0n) is 10.3. The molecule has 2 atom stereocenters. The lowest BCUT2D eigenvalue weighted by molar-refractivity contribution is -0.141. The Morgan fingerprint density at radius 2 is 1.93 bits per heavy atom. The van der Waals surface area contributed by atoms with Crippen LogP contribution in [-0.2, 0) is 4.79 Å². The summed E-state index contributed by atoms with van der Waals surface area (Å²) >= 11 is 0. The molecule has 0 radical (unpaired) electrons. The molecule has 0 amide bonds. The molecule has 0 saturated heterocycles. The van der Waals surface area contributed by atoms with Crippen LogP contribution in [0, 0.1) is 5.92 Å². The van der Waals surface area contributed by atoms with Crippen molar-refractivity contribution in [2.24, 2.45) is 5.92 Å². The highest BCUT2D eigenvalue weighted by Gasteiger charge is 2.13. The molecule has 0 bridgehead atoms. The molecular formula is C12H25NO2. The van der Waals surface area contributed by atoms with Crippen molar-refractivity contribution in [3.8, 4) is 0 Å². The minimum absolute atomic E-state index is 0.286. The lowest BCUT2D eigenvalue weighted by Crippen LogP contribution is -2.35. The van der Waals surface area contributed by atoms with Gasteiger partial charge in [0, 0.05) is 12.6 Å². The van der Waals surface area contributed by atoms with Crippen molar-refractivity contribution in [3.05, 3.63) is 0 Å². The number of hydrogen-bond donors (Lipinski definition) is 2. The molecular weight excluding hydrogens is 190 g/mol. The lowest BCUT2D eigenvalue weighted by atomic mass is 10.0. The van der Waals surface area contributed by atoms with Gasteiger partial charge in [-0.25, -0.2) is 0 Å². The highest BCUT2D eigenvalue weighted by atomic mass is 16.4. The van der Waals surface area contributed by atoms with Crippen LogP contribution in [0.3, 0.4) is 0 Å². The molecule has 0 spiro atoms. The van der Waals surface area contributed by atoms with Crippen LogP contribution in [0.25, 0.3) is 0 Å². The fourth-order valence-electron chi connectivity index (χ4n) is 1.58. The molecule has 2 unspecified atom stereocenters. The first-order valence-electron chi connectivity index (χ1n) is 6.07. The predicted molar refractivity (Wildman–Crippen MR) is 63.0 cm³/mol. The molecule has 0 aliphatic rings. The van der Waals surface area contributed by atoms with Crippen LogP contribution in [0.1, 0.15) is 52.9 Å². The Morgan fingerprint density at radius 3 is 2.40 bits per heavy atom. The van der Waals surface area contributed by atoms with Gasteiger partial charge in [-0.1, -0.05) is 40.0 Å². The maximum Gasteiger partial charge on any atom is 0.307 e. The molecule has 0 aliphatic carbocycles. The smallest absolute Gasteiger partial charge is 0.307 e. The number of nitrogens with one attached hydrogen (secondary N) is 1. The number of hydrogen-bond acceptors (Lipinski definition) is 2. The summed E-state index contributed by atoms with van der Waals surface area (Å²) in [6.07, 6.45) is 5.89. The Bertz CT molecular complexity index is 171.